The number of allylic oxidation sites excluding steroid dienone is 1. The van der Waals surface area contributed by atoms with E-state index in [1.807, 2.05) is 0 Å². The molecule has 5 rings (SSSR count). The van der Waals surface area contributed by atoms with Crippen molar-refractivity contribution in [2.45, 2.75) is 87.7 Å². The summed E-state index contributed by atoms with van der Waals surface area (Å²) in [6, 6.07) is 2.63. The lowest BCUT2D eigenvalue weighted by molar-refractivity contribution is -0.174. The number of aliphatic carboxylic acids is 1. The lowest BCUT2D eigenvalue weighted by Gasteiger charge is -2.44. The molecule has 29 heteroatoms. The van der Waals surface area contributed by atoms with Crippen molar-refractivity contribution in [1.82, 2.24) is 34.3 Å². The molecule has 11 N–H and O–H groups in total. The molecule has 0 aliphatic carbocycles. The third-order valence-corrected chi connectivity index (χ3v) is 11.7. The van der Waals surface area contributed by atoms with E-state index in [0.717, 1.165) is 30.5 Å². The van der Waals surface area contributed by atoms with E-state index in [1.54, 1.807) is 20.8 Å². The Labute approximate surface area is 363 Å². The molecule has 5 heterocycles. The molecule has 0 saturated carbocycles. The van der Waals surface area contributed by atoms with E-state index in [1.165, 1.54) is 22.9 Å². The number of amides is 2. The Hall–Kier alpha value is -4.73. The maximum absolute atomic E-state index is 13.8. The van der Waals surface area contributed by atoms with E-state index in [-0.39, 0.29) is 30.1 Å². The lowest BCUT2D eigenvalue weighted by Crippen LogP contribution is -2.67. The molecule has 2 aliphatic rings. The van der Waals surface area contributed by atoms with Gasteiger partial charge in [-0.2, -0.15) is 4.98 Å². The van der Waals surface area contributed by atoms with Crippen molar-refractivity contribution in [3.63, 3.8) is 0 Å². The van der Waals surface area contributed by atoms with Gasteiger partial charge in [0.15, 0.2) is 18.0 Å². The number of nitrogens with zero attached hydrogens (tertiary/aromatic N) is 6. The number of carbonyl (C=O) groups is 3. The first kappa shape index (κ1) is 50.3. The largest absolute Gasteiger partial charge is 0.479 e. The normalized spacial score (nSPS) is 25.7. The number of hydrogen-bond acceptors (Lipinski definition) is 19. The predicted molar refractivity (Wildman–Crippen MR) is 218 cm³/mol. The van der Waals surface area contributed by atoms with Crippen molar-refractivity contribution in [2.24, 2.45) is 5.92 Å². The number of carboxylic acid groups (broad SMARTS) is 1. The average Bonchev–Trinajstić information content (AvgIpc) is 3.86. The highest BCUT2D eigenvalue weighted by molar-refractivity contribution is 7.47. The van der Waals surface area contributed by atoms with E-state index >= 15 is 0 Å². The van der Waals surface area contributed by atoms with Crippen LogP contribution in [0.1, 0.15) is 46.1 Å². The molecular weight excluding hydrogens is 896 g/mol. The second-order valence-electron chi connectivity index (χ2n) is 15.8. The predicted octanol–water partition coefficient (Wildman–Crippen LogP) is -1.22. The standard InChI is InChI=1S/C35H51N9O18P2/c1-6-7-8-23(46)42(5)35(32(49)50,16-57-15-22(45)41-34(2,3)4)24-19(60-30(25(24)47)43-11-9-18-28(37)38-17-39-29(18)43)13-59-64(55,56)62-27-20(14-58-63(52,53)54)61-31(26(27)48)44-12-10-21(36)40-33(44)51/h6,9-12,17,19-20,24-27,30-31,47-48H,1,7-8,13-16H2,2-5H3,(H,41,45)(H,49,50)(H,55,56)(H2,36,40,51)(H2,37,38,39)(H2,52,53,54)/t19?,20-,24?,25?,26-,27-,30?,31-,35+/m1/s1. The molecule has 0 radical (unpaired) electrons. The highest BCUT2D eigenvalue weighted by Gasteiger charge is 2.63. The van der Waals surface area contributed by atoms with Gasteiger partial charge in [-0.3, -0.25) is 27.7 Å². The Balaban J connectivity index is 1.54. The van der Waals surface area contributed by atoms with E-state index in [4.69, 9.17) is 34.7 Å². The number of ether oxygens (including phenoxy) is 3. The molecule has 2 amide bonds. The molecule has 3 aromatic rings. The number of anilines is 2. The van der Waals surface area contributed by atoms with E-state index in [0.29, 0.717) is 9.95 Å². The van der Waals surface area contributed by atoms with Crippen LogP contribution in [0.4, 0.5) is 11.6 Å². The number of nitrogens with two attached hydrogens (primary N) is 2. The highest BCUT2D eigenvalue weighted by atomic mass is 31.2. The number of fused-ring (bicyclic) bond motifs is 1. The Bertz CT molecular complexity index is 2360. The Morgan fingerprint density at radius 1 is 1.00 bits per heavy atom. The van der Waals surface area contributed by atoms with Crippen LogP contribution >= 0.6 is 15.6 Å². The zero-order valence-corrected chi connectivity index (χ0v) is 36.6. The third kappa shape index (κ3) is 11.4. The van der Waals surface area contributed by atoms with Gasteiger partial charge < -0.3 is 70.5 Å². The van der Waals surface area contributed by atoms with Crippen LogP contribution in [-0.2, 0) is 51.3 Å². The van der Waals surface area contributed by atoms with Gasteiger partial charge in [-0.05, 0) is 39.3 Å². The molecule has 354 valence electrons. The van der Waals surface area contributed by atoms with Crippen LogP contribution in [-0.4, -0.2) is 152 Å². The molecule has 27 nitrogen and oxygen atoms in total. The van der Waals surface area contributed by atoms with Gasteiger partial charge in [0.1, 0.15) is 54.6 Å². The number of nitrogens with one attached hydrogen (secondary N) is 1. The lowest BCUT2D eigenvalue weighted by atomic mass is 9.76. The summed E-state index contributed by atoms with van der Waals surface area (Å²) in [4.78, 5) is 95.3. The summed E-state index contributed by atoms with van der Waals surface area (Å²) < 4.78 is 60.1. The van der Waals surface area contributed by atoms with Crippen LogP contribution < -0.4 is 22.5 Å². The molecule has 2 saturated heterocycles. The number of aliphatic hydroxyl groups excluding tert-OH is 2. The van der Waals surface area contributed by atoms with Crippen molar-refractivity contribution in [1.29, 1.82) is 0 Å². The van der Waals surface area contributed by atoms with Crippen molar-refractivity contribution in [3.8, 4) is 0 Å². The van der Waals surface area contributed by atoms with Gasteiger partial charge in [0, 0.05) is 31.4 Å². The fraction of sp³-hybridized carbons (Fsp3) is 0.571. The summed E-state index contributed by atoms with van der Waals surface area (Å²) in [5, 5.41) is 37.6. The van der Waals surface area contributed by atoms with Gasteiger partial charge in [0.05, 0.1) is 37.2 Å². The molecule has 3 aromatic heterocycles. The fourth-order valence-electron chi connectivity index (χ4n) is 7.39. The molecule has 5 unspecified atom stereocenters. The average molecular weight is 948 g/mol. The summed E-state index contributed by atoms with van der Waals surface area (Å²) in [6.45, 7) is 4.80. The maximum atomic E-state index is 13.8. The molecular formula is C35H51N9O18P2. The Kier molecular flexibility index (Phi) is 15.5. The number of likely N-dealkylation sites (N-methyl/N-ethyl adjacent to an activating group) is 1. The maximum Gasteiger partial charge on any atom is 0.472 e. The van der Waals surface area contributed by atoms with Gasteiger partial charge in [0.2, 0.25) is 11.8 Å². The van der Waals surface area contributed by atoms with Gasteiger partial charge in [0.25, 0.3) is 0 Å². The number of phosphoric acid groups is 2. The smallest absolute Gasteiger partial charge is 0.472 e. The fourth-order valence-corrected chi connectivity index (χ4v) is 8.70. The minimum atomic E-state index is -5.57. The van der Waals surface area contributed by atoms with Gasteiger partial charge in [-0.25, -0.2) is 28.7 Å². The molecule has 64 heavy (non-hydrogen) atoms. The first-order valence-electron chi connectivity index (χ1n) is 19.2. The number of carboxylic acids is 1. The van der Waals surface area contributed by atoms with Gasteiger partial charge in [-0.1, -0.05) is 6.08 Å². The molecule has 2 fully saturated rings. The Morgan fingerprint density at radius 3 is 2.27 bits per heavy atom. The zero-order chi connectivity index (χ0) is 47.5. The van der Waals surface area contributed by atoms with Crippen LogP contribution in [0.3, 0.4) is 0 Å². The molecule has 0 bridgehead atoms. The summed E-state index contributed by atoms with van der Waals surface area (Å²) >= 11 is 0. The molecule has 10 atom stereocenters. The van der Waals surface area contributed by atoms with E-state index < -0.39 is 126 Å². The topological polar surface area (TPSA) is 395 Å². The van der Waals surface area contributed by atoms with Crippen LogP contribution in [0.5, 0.6) is 0 Å². The van der Waals surface area contributed by atoms with E-state index in [2.05, 4.69) is 31.4 Å². The number of rotatable bonds is 20. The van der Waals surface area contributed by atoms with Crippen molar-refractivity contribution >= 4 is 56.1 Å². The van der Waals surface area contributed by atoms with Gasteiger partial charge in [-0.15, -0.1) is 6.58 Å². The molecule has 0 aromatic carbocycles. The molecule has 2 aliphatic heterocycles. The van der Waals surface area contributed by atoms with Crippen LogP contribution in [0.2, 0.25) is 0 Å². The summed E-state index contributed by atoms with van der Waals surface area (Å²) in [5.74, 6) is -5.24. The number of nitrogen functional groups attached to an aromatic ring is 2. The van der Waals surface area contributed by atoms with E-state index in [9.17, 15) is 58.3 Å². The summed E-state index contributed by atoms with van der Waals surface area (Å²) in [5.41, 5.74) is 7.26. The molecule has 0 spiro atoms. The monoisotopic (exact) mass is 947 g/mol. The van der Waals surface area contributed by atoms with Crippen LogP contribution in [0.25, 0.3) is 11.0 Å². The SMILES string of the molecule is C=CCCC(=O)N(C)[C@](COCC(=O)NC(C)(C)C)(C(=O)O)C1C(COP(=O)(O)O[C@H]2[C@@H](O)[C@H](n3ccc(N)nc3=O)O[C@@H]2COP(=O)(O)O)OC(n2ccc3c(N)ncnc32)C1O. The third-order valence-electron chi connectivity index (χ3n) is 10.2. The minimum absolute atomic E-state index is 0.0303. The van der Waals surface area contributed by atoms with Gasteiger partial charge >= 0.3 is 27.3 Å². The van der Waals surface area contributed by atoms with Crippen molar-refractivity contribution in [3.05, 3.63) is 54.0 Å². The first-order valence-corrected chi connectivity index (χ1v) is 22.3. The highest BCUT2D eigenvalue weighted by Crippen LogP contribution is 2.51. The zero-order valence-electron chi connectivity index (χ0n) is 34.8. The number of aromatic nitrogens is 5. The number of hydrogen-bond donors (Lipinski definition) is 9. The van der Waals surface area contributed by atoms with Crippen LogP contribution in [0, 0.1) is 5.92 Å². The summed E-state index contributed by atoms with van der Waals surface area (Å²) in [7, 11) is -9.68. The number of phosphoric ester groups is 2. The van der Waals surface area contributed by atoms with Crippen molar-refractivity contribution < 1.29 is 81.3 Å². The minimum Gasteiger partial charge on any atom is -0.479 e. The quantitative estimate of drug-likeness (QED) is 0.0473. The van der Waals surface area contributed by atoms with Crippen molar-refractivity contribution in [2.75, 3.05) is 44.9 Å². The summed E-state index contributed by atoms with van der Waals surface area (Å²) in [6.07, 6.45) is -8.17. The number of aliphatic hydroxyl groups is 2. The number of carbonyl (C=O) groups excluding carboxylic acids is 2. The Morgan fingerprint density at radius 2 is 1.64 bits per heavy atom. The second kappa shape index (κ2) is 19.8. The second-order valence-corrected chi connectivity index (χ2v) is 18.5. The first-order chi connectivity index (χ1) is 29.8. The van der Waals surface area contributed by atoms with Crippen LogP contribution in [0.15, 0.2) is 48.3 Å².